The lowest BCUT2D eigenvalue weighted by Crippen LogP contribution is -2.38. The number of anilines is 1. The molecule has 0 radical (unpaired) electrons. The summed E-state index contributed by atoms with van der Waals surface area (Å²) in [5.41, 5.74) is 10.5. The number of thiophene rings is 1. The number of nitrogens with two attached hydrogens (primary N) is 1. The lowest BCUT2D eigenvalue weighted by atomic mass is 9.75. The summed E-state index contributed by atoms with van der Waals surface area (Å²) in [5, 5.41) is 31.5. The van der Waals surface area contributed by atoms with Gasteiger partial charge in [-0.1, -0.05) is 12.5 Å². The van der Waals surface area contributed by atoms with Gasteiger partial charge in [0.2, 0.25) is 0 Å². The van der Waals surface area contributed by atoms with Crippen molar-refractivity contribution in [2.75, 3.05) is 12.0 Å². The van der Waals surface area contributed by atoms with E-state index >= 15 is 0 Å². The second-order valence-electron chi connectivity index (χ2n) is 9.10. The number of hydrogen-bond acceptors (Lipinski definition) is 8. The van der Waals surface area contributed by atoms with E-state index in [0.29, 0.717) is 46.7 Å². The third-order valence-corrected chi connectivity index (χ3v) is 8.44. The average Bonchev–Trinajstić information content (AvgIpc) is 3.03. The van der Waals surface area contributed by atoms with Crippen LogP contribution in [0.4, 0.5) is 5.00 Å². The highest BCUT2D eigenvalue weighted by Gasteiger charge is 2.42. The molecule has 2 heterocycles. The number of phenolic OH excluding ortho intramolecular Hbond substituents is 1. The number of carbonyl (C=O) groups excluding carboxylic acids is 1. The molecular weight excluding hydrogens is 460 g/mol. The Morgan fingerprint density at radius 2 is 1.91 bits per heavy atom. The van der Waals surface area contributed by atoms with E-state index in [1.54, 1.807) is 23.5 Å². The van der Waals surface area contributed by atoms with E-state index in [2.05, 4.69) is 12.1 Å². The van der Waals surface area contributed by atoms with Crippen LogP contribution >= 0.6 is 11.3 Å². The molecule has 0 fully saturated rings. The molecule has 1 aliphatic heterocycles. The summed E-state index contributed by atoms with van der Waals surface area (Å²) in [6.07, 6.45) is 6.74. The lowest BCUT2D eigenvalue weighted by Gasteiger charge is -2.39. The third-order valence-electron chi connectivity index (χ3n) is 7.17. The fourth-order valence-electron chi connectivity index (χ4n) is 5.54. The topological polar surface area (TPSA) is 123 Å². The van der Waals surface area contributed by atoms with E-state index in [9.17, 15) is 20.4 Å². The largest absolute Gasteiger partial charge is 0.504 e. The molecule has 3 N–H and O–H groups in total. The van der Waals surface area contributed by atoms with Crippen molar-refractivity contribution >= 4 is 22.1 Å². The van der Waals surface area contributed by atoms with Gasteiger partial charge in [-0.05, 0) is 61.8 Å². The van der Waals surface area contributed by atoms with Gasteiger partial charge >= 0.3 is 0 Å². The van der Waals surface area contributed by atoms with Crippen molar-refractivity contribution in [3.8, 4) is 23.6 Å². The van der Waals surface area contributed by atoms with Gasteiger partial charge in [0.05, 0.1) is 30.2 Å². The van der Waals surface area contributed by atoms with Crippen LogP contribution in [0.1, 0.15) is 66.0 Å². The molecule has 0 saturated carbocycles. The van der Waals surface area contributed by atoms with Crippen molar-refractivity contribution in [1.29, 1.82) is 10.5 Å². The number of carbonyl (C=O) groups is 1. The van der Waals surface area contributed by atoms with Gasteiger partial charge in [0.1, 0.15) is 16.9 Å². The molecule has 1 atom stereocenters. The van der Waals surface area contributed by atoms with Crippen LogP contribution in [0, 0.1) is 22.7 Å². The molecule has 8 heteroatoms. The number of aryl methyl sites for hydroxylation is 1. The molecule has 0 spiro atoms. The number of phenols is 1. The Hall–Kier alpha value is -3.75. The first-order valence-corrected chi connectivity index (χ1v) is 12.7. The van der Waals surface area contributed by atoms with Crippen molar-refractivity contribution in [1.82, 2.24) is 0 Å². The third kappa shape index (κ3) is 3.66. The monoisotopic (exact) mass is 486 g/mol. The van der Waals surface area contributed by atoms with Crippen molar-refractivity contribution in [2.24, 2.45) is 5.73 Å². The molecule has 2 aliphatic carbocycles. The van der Waals surface area contributed by atoms with Gasteiger partial charge in [-0.2, -0.15) is 10.5 Å². The quantitative estimate of drug-likeness (QED) is 0.591. The first-order chi connectivity index (χ1) is 17.0. The smallest absolute Gasteiger partial charge is 0.161 e. The van der Waals surface area contributed by atoms with Gasteiger partial charge in [0.15, 0.2) is 17.3 Å². The predicted molar refractivity (Wildman–Crippen MR) is 133 cm³/mol. The molecule has 0 amide bonds. The van der Waals surface area contributed by atoms with E-state index < -0.39 is 5.92 Å². The number of aromatic hydroxyl groups is 1. The molecule has 0 bridgehead atoms. The van der Waals surface area contributed by atoms with Crippen molar-refractivity contribution < 1.29 is 14.6 Å². The maximum absolute atomic E-state index is 13.4. The standard InChI is InChI=1S/C27H26N4O3S/c1-34-22-11-10-15(12-21(22)33)24-18(14-29)26(30)31(19-7-5-8-20(32)25(19)24)27-17(13-28)16-6-3-2-4-9-23(16)35-27/h10-12,24,33H,2-9,30H2,1H3/t24-/m0/s1. The van der Waals surface area contributed by atoms with Crippen molar-refractivity contribution in [2.45, 2.75) is 57.3 Å². The van der Waals surface area contributed by atoms with E-state index in [-0.39, 0.29) is 22.9 Å². The zero-order valence-corrected chi connectivity index (χ0v) is 20.4. The number of ketones is 1. The molecule has 1 aromatic carbocycles. The van der Waals surface area contributed by atoms with Gasteiger partial charge in [0.25, 0.3) is 0 Å². The highest BCUT2D eigenvalue weighted by Crippen LogP contribution is 2.50. The van der Waals surface area contributed by atoms with E-state index in [4.69, 9.17) is 10.5 Å². The van der Waals surface area contributed by atoms with Gasteiger partial charge in [-0.25, -0.2) is 0 Å². The zero-order chi connectivity index (χ0) is 24.7. The summed E-state index contributed by atoms with van der Waals surface area (Å²) in [4.78, 5) is 16.4. The summed E-state index contributed by atoms with van der Waals surface area (Å²) in [6, 6.07) is 9.56. The van der Waals surface area contributed by atoms with Gasteiger partial charge in [-0.15, -0.1) is 11.3 Å². The number of ether oxygens (including phenoxy) is 1. The zero-order valence-electron chi connectivity index (χ0n) is 19.6. The van der Waals surface area contributed by atoms with Gasteiger partial charge in [0, 0.05) is 22.6 Å². The summed E-state index contributed by atoms with van der Waals surface area (Å²) >= 11 is 1.56. The molecular formula is C27H26N4O3S. The Labute approximate surface area is 208 Å². The fourth-order valence-corrected chi connectivity index (χ4v) is 6.92. The SMILES string of the molecule is COc1ccc([C@H]2C(C#N)=C(N)N(c3sc4c(c3C#N)CCCCC4)C3=C2C(=O)CCC3)cc1O. The Morgan fingerprint density at radius 3 is 2.63 bits per heavy atom. The van der Waals surface area contributed by atoms with Gasteiger partial charge < -0.3 is 15.6 Å². The summed E-state index contributed by atoms with van der Waals surface area (Å²) in [6.45, 7) is 0. The Kier molecular flexibility index (Phi) is 6.00. The molecule has 3 aliphatic rings. The molecule has 1 aromatic heterocycles. The highest BCUT2D eigenvalue weighted by atomic mass is 32.1. The van der Waals surface area contributed by atoms with Crippen LogP contribution in [0.15, 0.2) is 40.9 Å². The maximum atomic E-state index is 13.4. The highest BCUT2D eigenvalue weighted by molar-refractivity contribution is 7.16. The van der Waals surface area contributed by atoms with Crippen LogP contribution in [0.2, 0.25) is 0 Å². The van der Waals surface area contributed by atoms with E-state index in [1.165, 1.54) is 18.1 Å². The minimum Gasteiger partial charge on any atom is -0.504 e. The maximum Gasteiger partial charge on any atom is 0.161 e. The number of Topliss-reactive ketones (excluding diaryl/α,β-unsaturated/α-hetero) is 1. The Bertz CT molecular complexity index is 1370. The minimum absolute atomic E-state index is 0.0339. The number of benzene rings is 1. The number of rotatable bonds is 3. The number of allylic oxidation sites excluding steroid dienone is 3. The number of fused-ring (bicyclic) bond motifs is 1. The first kappa shape index (κ1) is 23.0. The number of nitrogens with zero attached hydrogens (tertiary/aromatic N) is 3. The Morgan fingerprint density at radius 1 is 1.11 bits per heavy atom. The predicted octanol–water partition coefficient (Wildman–Crippen LogP) is 4.91. The van der Waals surface area contributed by atoms with Crippen LogP contribution in [-0.4, -0.2) is 18.0 Å². The minimum atomic E-state index is -0.681. The van der Waals surface area contributed by atoms with Crippen LogP contribution < -0.4 is 15.4 Å². The molecule has 178 valence electrons. The van der Waals surface area contributed by atoms with Crippen molar-refractivity contribution in [3.63, 3.8) is 0 Å². The molecule has 5 rings (SSSR count). The van der Waals surface area contributed by atoms with E-state index in [0.717, 1.165) is 43.4 Å². The summed E-state index contributed by atoms with van der Waals surface area (Å²) < 4.78 is 5.17. The first-order valence-electron chi connectivity index (χ1n) is 11.9. The molecule has 2 aromatic rings. The molecule has 7 nitrogen and oxygen atoms in total. The lowest BCUT2D eigenvalue weighted by molar-refractivity contribution is -0.116. The molecule has 0 unspecified atom stereocenters. The van der Waals surface area contributed by atoms with Crippen LogP contribution in [0.5, 0.6) is 11.5 Å². The van der Waals surface area contributed by atoms with Crippen LogP contribution in [0.3, 0.4) is 0 Å². The second kappa shape index (κ2) is 9.13. The van der Waals surface area contributed by atoms with Crippen LogP contribution in [0.25, 0.3) is 0 Å². The average molecular weight is 487 g/mol. The van der Waals surface area contributed by atoms with E-state index in [1.807, 2.05) is 4.90 Å². The summed E-state index contributed by atoms with van der Waals surface area (Å²) in [7, 11) is 1.46. The molecule has 35 heavy (non-hydrogen) atoms. The Balaban J connectivity index is 1.73. The summed E-state index contributed by atoms with van der Waals surface area (Å²) in [5.74, 6) is -0.228. The van der Waals surface area contributed by atoms with Gasteiger partial charge in [-0.3, -0.25) is 9.69 Å². The number of methoxy groups -OCH3 is 1. The second-order valence-corrected chi connectivity index (χ2v) is 10.2. The van der Waals surface area contributed by atoms with Crippen LogP contribution in [-0.2, 0) is 17.6 Å². The van der Waals surface area contributed by atoms with Crippen molar-refractivity contribution in [3.05, 3.63) is 62.4 Å². The molecule has 0 saturated heterocycles. The number of nitriles is 2. The fraction of sp³-hybridized carbons (Fsp3) is 0.370. The normalized spacial score (nSPS) is 20.0. The number of hydrogen-bond donors (Lipinski definition) is 2.